The molecule has 1 aromatic carbocycles. The number of thioether (sulfide) groups is 1. The molecule has 0 bridgehead atoms. The molecule has 0 aliphatic heterocycles. The van der Waals surface area contributed by atoms with Crippen molar-refractivity contribution in [3.8, 4) is 5.69 Å². The summed E-state index contributed by atoms with van der Waals surface area (Å²) in [5.41, 5.74) is 1.16. The van der Waals surface area contributed by atoms with Crippen LogP contribution in [0.1, 0.15) is 25.7 Å². The average molecular weight is 419 g/mol. The Morgan fingerprint density at radius 1 is 1.33 bits per heavy atom. The largest absolute Gasteiger partial charge is 0.353 e. The summed E-state index contributed by atoms with van der Waals surface area (Å²) in [6.45, 7) is 0. The van der Waals surface area contributed by atoms with Gasteiger partial charge in [-0.15, -0.1) is 0 Å². The molecule has 3 aromatic rings. The molecule has 0 radical (unpaired) electrons. The van der Waals surface area contributed by atoms with E-state index < -0.39 is 0 Å². The van der Waals surface area contributed by atoms with Crippen molar-refractivity contribution in [2.75, 3.05) is 5.75 Å². The van der Waals surface area contributed by atoms with Crippen molar-refractivity contribution in [3.63, 3.8) is 0 Å². The van der Waals surface area contributed by atoms with Gasteiger partial charge in [-0.3, -0.25) is 14.2 Å². The molecule has 2 aromatic heterocycles. The fourth-order valence-electron chi connectivity index (χ4n) is 3.24. The number of hydrogen-bond donors (Lipinski definition) is 2. The fraction of sp³-hybridized carbons (Fsp3) is 0.333. The van der Waals surface area contributed by atoms with Gasteiger partial charge in [0.1, 0.15) is 4.70 Å². The van der Waals surface area contributed by atoms with Crippen LogP contribution < -0.4 is 10.9 Å². The van der Waals surface area contributed by atoms with E-state index in [1.165, 1.54) is 35.9 Å². The smallest absolute Gasteiger partial charge is 0.271 e. The number of carbonyl (C=O) groups is 1. The van der Waals surface area contributed by atoms with Crippen molar-refractivity contribution in [3.05, 3.63) is 44.6 Å². The number of benzene rings is 1. The predicted molar refractivity (Wildman–Crippen MR) is 112 cm³/mol. The average Bonchev–Trinajstić information content (AvgIpc) is 3.28. The minimum absolute atomic E-state index is 0.0279. The van der Waals surface area contributed by atoms with E-state index >= 15 is 0 Å². The number of para-hydroxylation sites is 1. The lowest BCUT2D eigenvalue weighted by Crippen LogP contribution is -2.33. The van der Waals surface area contributed by atoms with Crippen LogP contribution in [0, 0.1) is 3.95 Å². The van der Waals surface area contributed by atoms with E-state index in [1.54, 1.807) is 4.57 Å². The summed E-state index contributed by atoms with van der Waals surface area (Å²) in [7, 11) is 0. The second-order valence-electron chi connectivity index (χ2n) is 6.40. The quantitative estimate of drug-likeness (QED) is 0.376. The summed E-state index contributed by atoms with van der Waals surface area (Å²) < 4.78 is 2.85. The van der Waals surface area contributed by atoms with Gasteiger partial charge in [0.15, 0.2) is 14.8 Å². The number of thiazole rings is 1. The Balaban J connectivity index is 1.60. The zero-order valence-electron chi connectivity index (χ0n) is 14.4. The van der Waals surface area contributed by atoms with Crippen LogP contribution in [0.3, 0.4) is 0 Å². The number of carbonyl (C=O) groups excluding carboxylic acids is 1. The van der Waals surface area contributed by atoms with Crippen LogP contribution >= 0.6 is 35.3 Å². The summed E-state index contributed by atoms with van der Waals surface area (Å²) in [6, 6.07) is 9.88. The Bertz CT molecular complexity index is 1080. The number of aromatic amines is 1. The first-order valence-corrected chi connectivity index (χ1v) is 11.0. The summed E-state index contributed by atoms with van der Waals surface area (Å²) in [5.74, 6) is 0.195. The number of aromatic nitrogens is 3. The molecule has 6 nitrogen and oxygen atoms in total. The monoisotopic (exact) mass is 418 g/mol. The second-order valence-corrected chi connectivity index (χ2v) is 9.01. The Morgan fingerprint density at radius 2 is 2.07 bits per heavy atom. The van der Waals surface area contributed by atoms with Crippen molar-refractivity contribution in [1.29, 1.82) is 0 Å². The van der Waals surface area contributed by atoms with Gasteiger partial charge in [0, 0.05) is 11.7 Å². The number of fused-ring (bicyclic) bond motifs is 1. The highest BCUT2D eigenvalue weighted by atomic mass is 32.2. The van der Waals surface area contributed by atoms with E-state index in [0.29, 0.717) is 19.5 Å². The summed E-state index contributed by atoms with van der Waals surface area (Å²) in [4.78, 5) is 31.9. The highest BCUT2D eigenvalue weighted by Crippen LogP contribution is 2.24. The Labute approximate surface area is 169 Å². The maximum atomic E-state index is 12.5. The molecular weight excluding hydrogens is 400 g/mol. The van der Waals surface area contributed by atoms with Gasteiger partial charge in [0.05, 0.1) is 5.75 Å². The number of hydrogen-bond acceptors (Lipinski definition) is 6. The van der Waals surface area contributed by atoms with Crippen molar-refractivity contribution < 1.29 is 4.79 Å². The molecule has 1 fully saturated rings. The maximum absolute atomic E-state index is 12.5. The van der Waals surface area contributed by atoms with E-state index in [-0.39, 0.29) is 23.3 Å². The third-order valence-electron chi connectivity index (χ3n) is 4.50. The van der Waals surface area contributed by atoms with Gasteiger partial charge in [-0.2, -0.15) is 0 Å². The summed E-state index contributed by atoms with van der Waals surface area (Å²) in [6.07, 6.45) is 4.44. The van der Waals surface area contributed by atoms with Gasteiger partial charge < -0.3 is 10.3 Å². The van der Waals surface area contributed by atoms with Crippen molar-refractivity contribution >= 4 is 51.6 Å². The van der Waals surface area contributed by atoms with Crippen LogP contribution in [0.5, 0.6) is 0 Å². The Kier molecular flexibility index (Phi) is 5.42. The lowest BCUT2D eigenvalue weighted by Gasteiger charge is -2.11. The molecule has 2 heterocycles. The van der Waals surface area contributed by atoms with E-state index in [0.717, 1.165) is 18.5 Å². The zero-order valence-corrected chi connectivity index (χ0v) is 16.9. The first-order chi connectivity index (χ1) is 13.1. The first kappa shape index (κ1) is 18.4. The van der Waals surface area contributed by atoms with Crippen LogP contribution in [0.25, 0.3) is 16.0 Å². The van der Waals surface area contributed by atoms with E-state index in [1.807, 2.05) is 30.3 Å². The topological polar surface area (TPSA) is 79.8 Å². The van der Waals surface area contributed by atoms with Crippen LogP contribution in [0.2, 0.25) is 0 Å². The number of H-pyrrole nitrogens is 1. The number of nitrogens with one attached hydrogen (secondary N) is 2. The SMILES string of the molecule is O=C(CSc1nc2c(sc(=S)n2-c2ccccc2)c(=O)[nH]1)NC1CCCC1. The molecule has 1 saturated carbocycles. The van der Waals surface area contributed by atoms with Gasteiger partial charge >= 0.3 is 0 Å². The molecule has 140 valence electrons. The normalized spacial score (nSPS) is 14.7. The standard InChI is InChI=1S/C18H18N4O2S3/c23-13(19-11-6-4-5-7-11)10-26-17-20-15-14(16(24)21-17)27-18(25)22(15)12-8-2-1-3-9-12/h1-3,8-9,11H,4-7,10H2,(H,19,23)(H,20,21,24). The highest BCUT2D eigenvalue weighted by Gasteiger charge is 2.18. The minimum atomic E-state index is -0.232. The lowest BCUT2D eigenvalue weighted by molar-refractivity contribution is -0.119. The van der Waals surface area contributed by atoms with Crippen molar-refractivity contribution in [1.82, 2.24) is 19.9 Å². The molecule has 0 saturated heterocycles. The molecule has 0 spiro atoms. The van der Waals surface area contributed by atoms with Crippen LogP contribution in [0.15, 0.2) is 40.3 Å². The number of amides is 1. The third-order valence-corrected chi connectivity index (χ3v) is 6.73. The highest BCUT2D eigenvalue weighted by molar-refractivity contribution is 7.99. The summed E-state index contributed by atoms with van der Waals surface area (Å²) >= 11 is 7.91. The van der Waals surface area contributed by atoms with Crippen molar-refractivity contribution in [2.24, 2.45) is 0 Å². The number of rotatable bonds is 5. The summed E-state index contributed by atoms with van der Waals surface area (Å²) in [5, 5.41) is 3.47. The Hall–Kier alpha value is -1.97. The molecule has 1 amide bonds. The predicted octanol–water partition coefficient (Wildman–Crippen LogP) is 3.66. The lowest BCUT2D eigenvalue weighted by atomic mass is 10.2. The molecule has 2 N–H and O–H groups in total. The molecule has 1 aliphatic carbocycles. The number of nitrogens with zero attached hydrogens (tertiary/aromatic N) is 2. The second kappa shape index (κ2) is 7.95. The van der Waals surface area contributed by atoms with Crippen LogP contribution in [0.4, 0.5) is 0 Å². The molecule has 27 heavy (non-hydrogen) atoms. The van der Waals surface area contributed by atoms with Crippen LogP contribution in [-0.4, -0.2) is 32.2 Å². The molecule has 1 aliphatic rings. The molecule has 0 unspecified atom stereocenters. The van der Waals surface area contributed by atoms with E-state index in [9.17, 15) is 9.59 Å². The van der Waals surface area contributed by atoms with Crippen molar-refractivity contribution in [2.45, 2.75) is 36.9 Å². The van der Waals surface area contributed by atoms with E-state index in [4.69, 9.17) is 12.2 Å². The fourth-order valence-corrected chi connectivity index (χ4v) is 5.18. The molecule has 9 heteroatoms. The van der Waals surface area contributed by atoms with Gasteiger partial charge in [0.25, 0.3) is 5.56 Å². The van der Waals surface area contributed by atoms with Gasteiger partial charge in [0.2, 0.25) is 5.91 Å². The van der Waals surface area contributed by atoms with Gasteiger partial charge in [-0.25, -0.2) is 4.98 Å². The maximum Gasteiger partial charge on any atom is 0.271 e. The van der Waals surface area contributed by atoms with E-state index in [2.05, 4.69) is 15.3 Å². The molecular formula is C18H18N4O2S3. The van der Waals surface area contributed by atoms with Crippen LogP contribution in [-0.2, 0) is 4.79 Å². The molecule has 4 rings (SSSR count). The minimum Gasteiger partial charge on any atom is -0.353 e. The van der Waals surface area contributed by atoms with Gasteiger partial charge in [-0.1, -0.05) is 54.1 Å². The Morgan fingerprint density at radius 3 is 2.81 bits per heavy atom. The molecule has 0 atom stereocenters. The zero-order chi connectivity index (χ0) is 18.8. The van der Waals surface area contributed by atoms with Gasteiger partial charge in [-0.05, 0) is 37.2 Å². The first-order valence-electron chi connectivity index (χ1n) is 8.75. The third kappa shape index (κ3) is 3.99.